The van der Waals surface area contributed by atoms with Gasteiger partial charge in [0.15, 0.2) is 5.75 Å². The van der Waals surface area contributed by atoms with Crippen molar-refractivity contribution >= 4 is 27.6 Å². The zero-order chi connectivity index (χ0) is 16.0. The van der Waals surface area contributed by atoms with E-state index >= 15 is 0 Å². The van der Waals surface area contributed by atoms with E-state index in [1.54, 1.807) is 24.3 Å². The van der Waals surface area contributed by atoms with E-state index in [2.05, 4.69) is 4.74 Å². The maximum absolute atomic E-state index is 12.2. The van der Waals surface area contributed by atoms with Crippen molar-refractivity contribution in [3.8, 4) is 0 Å². The highest BCUT2D eigenvalue weighted by Crippen LogP contribution is 2.19. The Bertz CT molecular complexity index is 608. The smallest absolute Gasteiger partial charge is 0.322 e. The van der Waals surface area contributed by atoms with Crippen LogP contribution >= 0.6 is 0 Å². The zero-order valence-electron chi connectivity index (χ0n) is 11.8. The lowest BCUT2D eigenvalue weighted by Crippen LogP contribution is -2.37. The van der Waals surface area contributed by atoms with Gasteiger partial charge in [0.1, 0.15) is 0 Å². The summed E-state index contributed by atoms with van der Waals surface area (Å²) in [5.41, 5.74) is 1.24. The molecule has 0 aliphatic carbocycles. The standard InChI is InChI=1S/C13H17NO6S/c1-10-3-5-11(6-4-10)14(8-7-12(15)16)21(18,19)9-13(17)20-2/h3-6H,7-9H2,1-2H3,(H,15,16). The Morgan fingerprint density at radius 3 is 2.29 bits per heavy atom. The maximum Gasteiger partial charge on any atom is 0.322 e. The minimum atomic E-state index is -4.00. The highest BCUT2D eigenvalue weighted by atomic mass is 32.2. The molecular weight excluding hydrogens is 298 g/mol. The normalized spacial score (nSPS) is 11.0. The molecule has 1 N–H and O–H groups in total. The summed E-state index contributed by atoms with van der Waals surface area (Å²) in [6, 6.07) is 6.53. The topological polar surface area (TPSA) is 101 Å². The summed E-state index contributed by atoms with van der Waals surface area (Å²) in [5, 5.41) is 8.73. The summed E-state index contributed by atoms with van der Waals surface area (Å²) in [7, 11) is -2.91. The largest absolute Gasteiger partial charge is 0.481 e. The first-order valence-corrected chi connectivity index (χ1v) is 7.73. The Balaban J connectivity index is 3.09. The lowest BCUT2D eigenvalue weighted by Gasteiger charge is -2.23. The number of benzene rings is 1. The van der Waals surface area contributed by atoms with Gasteiger partial charge >= 0.3 is 11.9 Å². The van der Waals surface area contributed by atoms with Crippen molar-refractivity contribution in [1.29, 1.82) is 0 Å². The first-order valence-electron chi connectivity index (χ1n) is 6.12. The lowest BCUT2D eigenvalue weighted by atomic mass is 10.2. The average Bonchev–Trinajstić information content (AvgIpc) is 2.39. The molecule has 116 valence electrons. The third kappa shape index (κ3) is 5.07. The minimum absolute atomic E-state index is 0.252. The van der Waals surface area contributed by atoms with Crippen LogP contribution in [0.3, 0.4) is 0 Å². The number of methoxy groups -OCH3 is 1. The number of carboxylic acid groups (broad SMARTS) is 1. The third-order valence-electron chi connectivity index (χ3n) is 2.71. The van der Waals surface area contributed by atoms with Crippen LogP contribution in [0, 0.1) is 6.92 Å². The van der Waals surface area contributed by atoms with Crippen LogP contribution in [0.4, 0.5) is 5.69 Å². The molecule has 1 rings (SSSR count). The molecule has 0 saturated heterocycles. The number of rotatable bonds is 7. The second-order valence-corrected chi connectivity index (χ2v) is 6.28. The Morgan fingerprint density at radius 1 is 1.24 bits per heavy atom. The van der Waals surface area contributed by atoms with Gasteiger partial charge in [-0.05, 0) is 19.1 Å². The molecule has 0 heterocycles. The van der Waals surface area contributed by atoms with E-state index in [1.807, 2.05) is 6.92 Å². The molecule has 0 radical (unpaired) electrons. The first-order chi connectivity index (χ1) is 9.76. The number of carbonyl (C=O) groups excluding carboxylic acids is 1. The van der Waals surface area contributed by atoms with Gasteiger partial charge in [0, 0.05) is 6.54 Å². The van der Waals surface area contributed by atoms with Crippen LogP contribution in [0.25, 0.3) is 0 Å². The molecule has 0 bridgehead atoms. The fourth-order valence-corrected chi connectivity index (χ4v) is 3.01. The number of esters is 1. The molecule has 8 heteroatoms. The zero-order valence-corrected chi connectivity index (χ0v) is 12.6. The van der Waals surface area contributed by atoms with E-state index in [0.717, 1.165) is 17.0 Å². The summed E-state index contributed by atoms with van der Waals surface area (Å²) in [5.74, 6) is -2.86. The van der Waals surface area contributed by atoms with Crippen LogP contribution < -0.4 is 4.31 Å². The van der Waals surface area contributed by atoms with Crippen molar-refractivity contribution in [3.05, 3.63) is 29.8 Å². The molecule has 21 heavy (non-hydrogen) atoms. The van der Waals surface area contributed by atoms with Crippen LogP contribution in [0.15, 0.2) is 24.3 Å². The third-order valence-corrected chi connectivity index (χ3v) is 4.38. The van der Waals surface area contributed by atoms with E-state index in [4.69, 9.17) is 5.11 Å². The molecule has 0 spiro atoms. The van der Waals surface area contributed by atoms with Gasteiger partial charge in [-0.25, -0.2) is 8.42 Å². The molecule has 0 saturated carbocycles. The molecule has 0 aliphatic rings. The van der Waals surface area contributed by atoms with Crippen molar-refractivity contribution in [2.45, 2.75) is 13.3 Å². The van der Waals surface area contributed by atoms with Crippen molar-refractivity contribution in [2.75, 3.05) is 23.7 Å². The maximum atomic E-state index is 12.2. The molecular formula is C13H17NO6S. The van der Waals surface area contributed by atoms with Crippen LogP contribution in [0.5, 0.6) is 0 Å². The number of aliphatic carboxylic acids is 1. The Hall–Kier alpha value is -2.09. The van der Waals surface area contributed by atoms with E-state index < -0.39 is 27.7 Å². The summed E-state index contributed by atoms with van der Waals surface area (Å²) < 4.78 is 29.7. The van der Waals surface area contributed by atoms with E-state index in [1.165, 1.54) is 0 Å². The Morgan fingerprint density at radius 2 is 1.81 bits per heavy atom. The summed E-state index contributed by atoms with van der Waals surface area (Å²) in [4.78, 5) is 21.9. The fourth-order valence-electron chi connectivity index (χ4n) is 1.62. The van der Waals surface area contributed by atoms with Crippen LogP contribution in [-0.4, -0.2) is 44.9 Å². The van der Waals surface area contributed by atoms with Crippen molar-refractivity contribution in [3.63, 3.8) is 0 Å². The Kier molecular flexibility index (Phi) is 5.71. The van der Waals surface area contributed by atoms with Crippen LogP contribution in [0.1, 0.15) is 12.0 Å². The predicted octanol–water partition coefficient (Wildman–Crippen LogP) is 0.779. The average molecular weight is 315 g/mol. The molecule has 0 amide bonds. The van der Waals surface area contributed by atoms with Gasteiger partial charge in [-0.3, -0.25) is 13.9 Å². The van der Waals surface area contributed by atoms with Crippen molar-refractivity contribution in [2.24, 2.45) is 0 Å². The molecule has 0 fully saturated rings. The van der Waals surface area contributed by atoms with Crippen molar-refractivity contribution in [1.82, 2.24) is 0 Å². The number of ether oxygens (including phenoxy) is 1. The van der Waals surface area contributed by atoms with Gasteiger partial charge in [-0.2, -0.15) is 0 Å². The molecule has 0 aromatic heterocycles. The monoisotopic (exact) mass is 315 g/mol. The van der Waals surface area contributed by atoms with E-state index in [9.17, 15) is 18.0 Å². The van der Waals surface area contributed by atoms with Gasteiger partial charge in [0.25, 0.3) is 0 Å². The molecule has 0 atom stereocenters. The van der Waals surface area contributed by atoms with E-state index in [0.29, 0.717) is 5.69 Å². The summed E-state index contributed by atoms with van der Waals surface area (Å²) in [6.07, 6.45) is -0.367. The van der Waals surface area contributed by atoms with Crippen LogP contribution in [0.2, 0.25) is 0 Å². The lowest BCUT2D eigenvalue weighted by molar-refractivity contribution is -0.138. The molecule has 0 aliphatic heterocycles. The van der Waals surface area contributed by atoms with Crippen LogP contribution in [-0.2, 0) is 24.3 Å². The highest BCUT2D eigenvalue weighted by molar-refractivity contribution is 7.93. The summed E-state index contributed by atoms with van der Waals surface area (Å²) in [6.45, 7) is 1.59. The SMILES string of the molecule is COC(=O)CS(=O)(=O)N(CCC(=O)O)c1ccc(C)cc1. The van der Waals surface area contributed by atoms with Gasteiger partial charge in [0.05, 0.1) is 19.2 Å². The number of hydrogen-bond donors (Lipinski definition) is 1. The molecule has 0 unspecified atom stereocenters. The van der Waals surface area contributed by atoms with Gasteiger partial charge < -0.3 is 9.84 Å². The molecule has 7 nitrogen and oxygen atoms in total. The second kappa shape index (κ2) is 7.07. The molecule has 1 aromatic carbocycles. The van der Waals surface area contributed by atoms with Gasteiger partial charge in [-0.1, -0.05) is 17.7 Å². The number of sulfonamides is 1. The fraction of sp³-hybridized carbons (Fsp3) is 0.385. The predicted molar refractivity (Wildman–Crippen MR) is 76.6 cm³/mol. The number of hydrogen-bond acceptors (Lipinski definition) is 5. The number of nitrogens with zero attached hydrogens (tertiary/aromatic N) is 1. The molecule has 1 aromatic rings. The summed E-state index contributed by atoms with van der Waals surface area (Å²) >= 11 is 0. The minimum Gasteiger partial charge on any atom is -0.481 e. The quantitative estimate of drug-likeness (QED) is 0.746. The number of aryl methyl sites for hydroxylation is 1. The van der Waals surface area contributed by atoms with Gasteiger partial charge in [0.2, 0.25) is 10.0 Å². The second-order valence-electron chi connectivity index (χ2n) is 4.38. The number of carbonyl (C=O) groups is 2. The van der Waals surface area contributed by atoms with Crippen molar-refractivity contribution < 1.29 is 27.9 Å². The van der Waals surface area contributed by atoms with E-state index in [-0.39, 0.29) is 13.0 Å². The Labute approximate surface area is 123 Å². The first kappa shape index (κ1) is 17.0. The highest BCUT2D eigenvalue weighted by Gasteiger charge is 2.26. The van der Waals surface area contributed by atoms with Gasteiger partial charge in [-0.15, -0.1) is 0 Å². The number of carboxylic acids is 1. The number of anilines is 1.